The van der Waals surface area contributed by atoms with E-state index in [-0.39, 0.29) is 5.69 Å². The summed E-state index contributed by atoms with van der Waals surface area (Å²) < 4.78 is 4.63. The quantitative estimate of drug-likeness (QED) is 0.853. The SMILES string of the molecule is COC(=O)c1cccc(-c2cccnc2C(=O)O)c1. The van der Waals surface area contributed by atoms with Crippen molar-refractivity contribution in [3.8, 4) is 11.1 Å². The Morgan fingerprint density at radius 1 is 1.21 bits per heavy atom. The molecule has 0 amide bonds. The first-order chi connectivity index (χ1) is 9.13. The van der Waals surface area contributed by atoms with Gasteiger partial charge in [-0.1, -0.05) is 18.2 Å². The van der Waals surface area contributed by atoms with Gasteiger partial charge in [0.15, 0.2) is 5.69 Å². The molecule has 2 rings (SSSR count). The maximum Gasteiger partial charge on any atom is 0.355 e. The van der Waals surface area contributed by atoms with Gasteiger partial charge in [-0.3, -0.25) is 0 Å². The second-order valence-corrected chi connectivity index (χ2v) is 3.78. The molecule has 19 heavy (non-hydrogen) atoms. The van der Waals surface area contributed by atoms with Crippen molar-refractivity contribution in [2.75, 3.05) is 7.11 Å². The molecule has 0 unspecified atom stereocenters. The number of nitrogens with zero attached hydrogens (tertiary/aromatic N) is 1. The molecule has 2 aromatic rings. The summed E-state index contributed by atoms with van der Waals surface area (Å²) in [7, 11) is 1.29. The van der Waals surface area contributed by atoms with Crippen LogP contribution in [-0.4, -0.2) is 29.1 Å². The normalized spacial score (nSPS) is 9.95. The molecule has 0 aliphatic carbocycles. The molecule has 1 N–H and O–H groups in total. The van der Waals surface area contributed by atoms with Crippen molar-refractivity contribution in [1.29, 1.82) is 0 Å². The average molecular weight is 257 g/mol. The molecule has 1 aromatic heterocycles. The van der Waals surface area contributed by atoms with E-state index in [2.05, 4.69) is 9.72 Å². The second-order valence-electron chi connectivity index (χ2n) is 3.78. The number of carboxylic acid groups (broad SMARTS) is 1. The number of hydrogen-bond acceptors (Lipinski definition) is 4. The Morgan fingerprint density at radius 3 is 2.68 bits per heavy atom. The Bertz CT molecular complexity index is 637. The van der Waals surface area contributed by atoms with Gasteiger partial charge < -0.3 is 9.84 Å². The van der Waals surface area contributed by atoms with E-state index < -0.39 is 11.9 Å². The molecule has 0 saturated heterocycles. The van der Waals surface area contributed by atoms with E-state index in [0.29, 0.717) is 16.7 Å². The highest BCUT2D eigenvalue weighted by Crippen LogP contribution is 2.23. The molecule has 5 heteroatoms. The zero-order valence-corrected chi connectivity index (χ0v) is 10.2. The minimum Gasteiger partial charge on any atom is -0.476 e. The van der Waals surface area contributed by atoms with E-state index in [9.17, 15) is 9.59 Å². The highest BCUT2D eigenvalue weighted by atomic mass is 16.5. The van der Waals surface area contributed by atoms with Crippen LogP contribution in [0.4, 0.5) is 0 Å². The van der Waals surface area contributed by atoms with Gasteiger partial charge in [0.05, 0.1) is 12.7 Å². The molecule has 0 fully saturated rings. The van der Waals surface area contributed by atoms with Crippen LogP contribution in [0.2, 0.25) is 0 Å². The van der Waals surface area contributed by atoms with Crippen LogP contribution >= 0.6 is 0 Å². The van der Waals surface area contributed by atoms with Crippen molar-refractivity contribution in [2.45, 2.75) is 0 Å². The number of carbonyl (C=O) groups excluding carboxylic acids is 1. The Kier molecular flexibility index (Phi) is 3.56. The van der Waals surface area contributed by atoms with Gasteiger partial charge in [0.2, 0.25) is 0 Å². The highest BCUT2D eigenvalue weighted by molar-refractivity contribution is 5.95. The third kappa shape index (κ3) is 2.60. The molecule has 0 saturated carbocycles. The van der Waals surface area contributed by atoms with Crippen molar-refractivity contribution in [3.63, 3.8) is 0 Å². The van der Waals surface area contributed by atoms with Crippen molar-refractivity contribution in [2.24, 2.45) is 0 Å². The van der Waals surface area contributed by atoms with Crippen LogP contribution in [0, 0.1) is 0 Å². The van der Waals surface area contributed by atoms with E-state index in [1.54, 1.807) is 36.4 Å². The lowest BCUT2D eigenvalue weighted by Gasteiger charge is -2.06. The van der Waals surface area contributed by atoms with Gasteiger partial charge >= 0.3 is 11.9 Å². The summed E-state index contributed by atoms with van der Waals surface area (Å²) in [6, 6.07) is 9.86. The number of benzene rings is 1. The number of ether oxygens (including phenoxy) is 1. The van der Waals surface area contributed by atoms with E-state index in [0.717, 1.165) is 0 Å². The summed E-state index contributed by atoms with van der Waals surface area (Å²) in [5.74, 6) is -1.58. The third-order valence-electron chi connectivity index (χ3n) is 2.60. The number of carboxylic acids is 1. The van der Waals surface area contributed by atoms with Crippen molar-refractivity contribution in [3.05, 3.63) is 53.9 Å². The molecule has 1 heterocycles. The van der Waals surface area contributed by atoms with E-state index >= 15 is 0 Å². The molecule has 0 aliphatic rings. The van der Waals surface area contributed by atoms with Crippen LogP contribution in [0.3, 0.4) is 0 Å². The van der Waals surface area contributed by atoms with Gasteiger partial charge in [0, 0.05) is 11.8 Å². The second kappa shape index (κ2) is 5.30. The molecule has 0 atom stereocenters. The van der Waals surface area contributed by atoms with Crippen molar-refractivity contribution < 1.29 is 19.4 Å². The Labute approximate surface area is 109 Å². The van der Waals surface area contributed by atoms with Crippen LogP contribution in [0.25, 0.3) is 11.1 Å². The fourth-order valence-electron chi connectivity index (χ4n) is 1.74. The number of methoxy groups -OCH3 is 1. The standard InChI is InChI=1S/C14H11NO4/c1-19-14(18)10-5-2-4-9(8-10)11-6-3-7-15-12(11)13(16)17/h2-8H,1H3,(H,16,17). The number of hydrogen-bond donors (Lipinski definition) is 1. The van der Waals surface area contributed by atoms with Crippen molar-refractivity contribution >= 4 is 11.9 Å². The monoisotopic (exact) mass is 257 g/mol. The average Bonchev–Trinajstić information content (AvgIpc) is 2.46. The smallest absolute Gasteiger partial charge is 0.355 e. The maximum atomic E-state index is 11.5. The zero-order chi connectivity index (χ0) is 13.8. The lowest BCUT2D eigenvalue weighted by molar-refractivity contribution is 0.0600. The zero-order valence-electron chi connectivity index (χ0n) is 10.2. The molecule has 0 spiro atoms. The summed E-state index contributed by atoms with van der Waals surface area (Å²) in [5.41, 5.74) is 1.37. The first-order valence-electron chi connectivity index (χ1n) is 5.50. The maximum absolute atomic E-state index is 11.5. The number of aromatic carboxylic acids is 1. The predicted octanol–water partition coefficient (Wildman–Crippen LogP) is 2.23. The van der Waals surface area contributed by atoms with Gasteiger partial charge in [0.1, 0.15) is 0 Å². The van der Waals surface area contributed by atoms with Gasteiger partial charge in [-0.05, 0) is 23.8 Å². The minimum atomic E-state index is -1.11. The highest BCUT2D eigenvalue weighted by Gasteiger charge is 2.14. The summed E-state index contributed by atoms with van der Waals surface area (Å²) in [5, 5.41) is 9.10. The summed E-state index contributed by atoms with van der Waals surface area (Å²) in [6.45, 7) is 0. The molecule has 96 valence electrons. The van der Waals surface area contributed by atoms with Crippen LogP contribution in [0.1, 0.15) is 20.8 Å². The van der Waals surface area contributed by atoms with Gasteiger partial charge in [0.25, 0.3) is 0 Å². The summed E-state index contributed by atoms with van der Waals surface area (Å²) in [6.07, 6.45) is 1.41. The van der Waals surface area contributed by atoms with Gasteiger partial charge in [-0.15, -0.1) is 0 Å². The molecule has 1 aromatic carbocycles. The molecular weight excluding hydrogens is 246 g/mol. The van der Waals surface area contributed by atoms with Crippen molar-refractivity contribution in [1.82, 2.24) is 4.98 Å². The number of carbonyl (C=O) groups is 2. The number of pyridine rings is 1. The van der Waals surface area contributed by atoms with Crippen LogP contribution in [0.15, 0.2) is 42.6 Å². The van der Waals surface area contributed by atoms with E-state index in [1.807, 2.05) is 0 Å². The number of rotatable bonds is 3. The molecule has 0 aliphatic heterocycles. The predicted molar refractivity (Wildman–Crippen MR) is 68.0 cm³/mol. The minimum absolute atomic E-state index is 0.0514. The lowest BCUT2D eigenvalue weighted by Crippen LogP contribution is -2.04. The number of aromatic nitrogens is 1. The summed E-state index contributed by atoms with van der Waals surface area (Å²) in [4.78, 5) is 26.4. The van der Waals surface area contributed by atoms with E-state index in [4.69, 9.17) is 5.11 Å². The van der Waals surface area contributed by atoms with Gasteiger partial charge in [-0.2, -0.15) is 0 Å². The first kappa shape index (κ1) is 12.8. The molecule has 5 nitrogen and oxygen atoms in total. The van der Waals surface area contributed by atoms with E-state index in [1.165, 1.54) is 13.3 Å². The van der Waals surface area contributed by atoms with Crippen LogP contribution in [0.5, 0.6) is 0 Å². The fraction of sp³-hybridized carbons (Fsp3) is 0.0714. The first-order valence-corrected chi connectivity index (χ1v) is 5.50. The van der Waals surface area contributed by atoms with Crippen LogP contribution < -0.4 is 0 Å². The fourth-order valence-corrected chi connectivity index (χ4v) is 1.74. The topological polar surface area (TPSA) is 76.5 Å². The third-order valence-corrected chi connectivity index (χ3v) is 2.60. The Balaban J connectivity index is 2.54. The lowest BCUT2D eigenvalue weighted by atomic mass is 10.0. The number of esters is 1. The Morgan fingerprint density at radius 2 is 2.00 bits per heavy atom. The molecule has 0 radical (unpaired) electrons. The summed E-state index contributed by atoms with van der Waals surface area (Å²) >= 11 is 0. The largest absolute Gasteiger partial charge is 0.476 e. The van der Waals surface area contributed by atoms with Crippen LogP contribution in [-0.2, 0) is 4.74 Å². The van der Waals surface area contributed by atoms with Gasteiger partial charge in [-0.25, -0.2) is 14.6 Å². The Hall–Kier alpha value is -2.69. The molecule has 0 bridgehead atoms. The molecular formula is C14H11NO4.